The van der Waals surface area contributed by atoms with Gasteiger partial charge in [0.1, 0.15) is 11.5 Å². The number of aromatic nitrogens is 3. The molecule has 0 spiro atoms. The molecule has 0 bridgehead atoms. The SMILES string of the molecule is Cc1ccccc1Cn1c(=O)c(C(=O)N(C)C2CCCCC2)nn(-c2ccccc2F)c1=O. The van der Waals surface area contributed by atoms with E-state index in [0.717, 1.165) is 52.5 Å². The second-order valence-electron chi connectivity index (χ2n) is 8.52. The molecule has 3 aromatic rings. The predicted octanol–water partition coefficient (Wildman–Crippen LogP) is 3.29. The molecule has 0 unspecified atom stereocenters. The first-order chi connectivity index (χ1) is 15.9. The molecule has 7 nitrogen and oxygen atoms in total. The van der Waals surface area contributed by atoms with Gasteiger partial charge in [0.2, 0.25) is 5.69 Å². The maximum absolute atomic E-state index is 14.6. The zero-order valence-electron chi connectivity index (χ0n) is 18.8. The molecule has 1 aliphatic rings. The summed E-state index contributed by atoms with van der Waals surface area (Å²) in [4.78, 5) is 41.5. The number of carbonyl (C=O) groups is 1. The number of amides is 1. The smallest absolute Gasteiger partial charge is 0.337 e. The maximum Gasteiger partial charge on any atom is 0.352 e. The lowest BCUT2D eigenvalue weighted by molar-refractivity contribution is 0.0684. The number of para-hydroxylation sites is 1. The Morgan fingerprint density at radius 2 is 1.73 bits per heavy atom. The van der Waals surface area contributed by atoms with Gasteiger partial charge in [0.15, 0.2) is 0 Å². The van der Waals surface area contributed by atoms with E-state index in [0.29, 0.717) is 0 Å². The van der Waals surface area contributed by atoms with Crippen molar-refractivity contribution in [3.8, 4) is 5.69 Å². The maximum atomic E-state index is 14.6. The summed E-state index contributed by atoms with van der Waals surface area (Å²) >= 11 is 0. The highest BCUT2D eigenvalue weighted by Crippen LogP contribution is 2.22. The van der Waals surface area contributed by atoms with Crippen molar-refractivity contribution in [2.45, 2.75) is 51.6 Å². The summed E-state index contributed by atoms with van der Waals surface area (Å²) in [6.45, 7) is 1.83. The molecule has 0 radical (unpaired) electrons. The molecule has 0 N–H and O–H groups in total. The van der Waals surface area contributed by atoms with Crippen LogP contribution < -0.4 is 11.2 Å². The van der Waals surface area contributed by atoms with Gasteiger partial charge in [-0.25, -0.2) is 9.18 Å². The molecule has 0 aliphatic heterocycles. The first-order valence-corrected chi connectivity index (χ1v) is 11.2. The largest absolute Gasteiger partial charge is 0.352 e. The van der Waals surface area contributed by atoms with Crippen LogP contribution in [-0.4, -0.2) is 38.2 Å². The fraction of sp³-hybridized carbons (Fsp3) is 0.360. The van der Waals surface area contributed by atoms with Gasteiger partial charge in [-0.3, -0.25) is 14.2 Å². The summed E-state index contributed by atoms with van der Waals surface area (Å²) in [6, 6.07) is 13.0. The molecular formula is C25H27FN4O3. The topological polar surface area (TPSA) is 77.2 Å². The van der Waals surface area contributed by atoms with Crippen molar-refractivity contribution in [2.75, 3.05) is 7.05 Å². The quantitative estimate of drug-likeness (QED) is 0.598. The lowest BCUT2D eigenvalue weighted by atomic mass is 9.94. The van der Waals surface area contributed by atoms with E-state index in [9.17, 15) is 18.8 Å². The monoisotopic (exact) mass is 450 g/mol. The summed E-state index contributed by atoms with van der Waals surface area (Å²) in [5.41, 5.74) is -0.434. The van der Waals surface area contributed by atoms with Crippen LogP contribution in [0.25, 0.3) is 5.69 Å². The second kappa shape index (κ2) is 9.52. The Hall–Kier alpha value is -3.55. The first-order valence-electron chi connectivity index (χ1n) is 11.2. The van der Waals surface area contributed by atoms with E-state index < -0.39 is 23.0 Å². The third-order valence-electron chi connectivity index (χ3n) is 6.38. The van der Waals surface area contributed by atoms with Crippen LogP contribution in [0.5, 0.6) is 0 Å². The zero-order valence-corrected chi connectivity index (χ0v) is 18.8. The summed E-state index contributed by atoms with van der Waals surface area (Å²) in [6.07, 6.45) is 4.86. The zero-order chi connectivity index (χ0) is 23.5. The second-order valence-corrected chi connectivity index (χ2v) is 8.52. The Labute approximate surface area is 191 Å². The molecular weight excluding hydrogens is 423 g/mol. The number of benzene rings is 2. The van der Waals surface area contributed by atoms with Crippen molar-refractivity contribution >= 4 is 5.91 Å². The summed E-state index contributed by atoms with van der Waals surface area (Å²) in [5.74, 6) is -1.23. The number of nitrogens with zero attached hydrogens (tertiary/aromatic N) is 4. The fourth-order valence-electron chi connectivity index (χ4n) is 4.33. The van der Waals surface area contributed by atoms with Gasteiger partial charge in [-0.15, -0.1) is 0 Å². The van der Waals surface area contributed by atoms with Crippen molar-refractivity contribution in [1.29, 1.82) is 0 Å². The molecule has 0 saturated heterocycles. The van der Waals surface area contributed by atoms with Gasteiger partial charge in [-0.05, 0) is 43.0 Å². The van der Waals surface area contributed by atoms with Gasteiger partial charge >= 0.3 is 5.69 Å². The van der Waals surface area contributed by atoms with Crippen LogP contribution in [-0.2, 0) is 6.54 Å². The number of hydrogen-bond donors (Lipinski definition) is 0. The van der Waals surface area contributed by atoms with E-state index in [-0.39, 0.29) is 24.0 Å². The molecule has 1 amide bonds. The van der Waals surface area contributed by atoms with E-state index in [2.05, 4.69) is 5.10 Å². The molecule has 0 atom stereocenters. The van der Waals surface area contributed by atoms with Crippen LogP contribution in [0.1, 0.15) is 53.7 Å². The first kappa shape index (κ1) is 22.6. The number of aryl methyl sites for hydroxylation is 1. The number of halogens is 1. The van der Waals surface area contributed by atoms with Crippen molar-refractivity contribution in [1.82, 2.24) is 19.2 Å². The minimum Gasteiger partial charge on any atom is -0.337 e. The van der Waals surface area contributed by atoms with Gasteiger partial charge in [0.05, 0.1) is 6.54 Å². The molecule has 4 rings (SSSR count). The number of rotatable bonds is 5. The van der Waals surface area contributed by atoms with Crippen LogP contribution in [0.2, 0.25) is 0 Å². The Bertz CT molecular complexity index is 1290. The Morgan fingerprint density at radius 1 is 1.06 bits per heavy atom. The fourth-order valence-corrected chi connectivity index (χ4v) is 4.33. The Balaban J connectivity index is 1.87. The van der Waals surface area contributed by atoms with E-state index >= 15 is 0 Å². The van der Waals surface area contributed by atoms with E-state index in [1.54, 1.807) is 13.1 Å². The number of hydrogen-bond acceptors (Lipinski definition) is 4. The third kappa shape index (κ3) is 4.51. The predicted molar refractivity (Wildman–Crippen MR) is 123 cm³/mol. The van der Waals surface area contributed by atoms with Gasteiger partial charge < -0.3 is 4.90 Å². The highest BCUT2D eigenvalue weighted by atomic mass is 19.1. The summed E-state index contributed by atoms with van der Waals surface area (Å²) < 4.78 is 16.4. The van der Waals surface area contributed by atoms with Crippen LogP contribution in [0.3, 0.4) is 0 Å². The van der Waals surface area contributed by atoms with Crippen molar-refractivity contribution < 1.29 is 9.18 Å². The molecule has 1 saturated carbocycles. The highest BCUT2D eigenvalue weighted by molar-refractivity contribution is 5.91. The average Bonchev–Trinajstić information content (AvgIpc) is 2.83. The van der Waals surface area contributed by atoms with Gasteiger partial charge in [-0.1, -0.05) is 55.7 Å². The van der Waals surface area contributed by atoms with Crippen LogP contribution in [0, 0.1) is 12.7 Å². The third-order valence-corrected chi connectivity index (χ3v) is 6.38. The minimum absolute atomic E-state index is 0.00565. The van der Waals surface area contributed by atoms with E-state index in [1.807, 2.05) is 31.2 Å². The Kier molecular flexibility index (Phi) is 6.53. The van der Waals surface area contributed by atoms with Crippen LogP contribution in [0.15, 0.2) is 58.1 Å². The molecule has 1 aromatic heterocycles. The lowest BCUT2D eigenvalue weighted by Gasteiger charge is -2.30. The molecule has 8 heteroatoms. The molecule has 33 heavy (non-hydrogen) atoms. The van der Waals surface area contributed by atoms with Crippen LogP contribution in [0.4, 0.5) is 4.39 Å². The standard InChI is InChI=1S/C25H27FN4O3/c1-17-10-6-7-11-18(17)16-29-24(32)22(23(31)28(2)19-12-4-3-5-13-19)27-30(25(29)33)21-15-9-8-14-20(21)26/h6-11,14-15,19H,3-5,12-13,16H2,1-2H3. The Morgan fingerprint density at radius 3 is 2.42 bits per heavy atom. The van der Waals surface area contributed by atoms with Crippen molar-refractivity contribution in [3.63, 3.8) is 0 Å². The molecule has 1 aliphatic carbocycles. The normalized spacial score (nSPS) is 14.3. The molecule has 2 aromatic carbocycles. The number of carbonyl (C=O) groups excluding carboxylic acids is 1. The summed E-state index contributed by atoms with van der Waals surface area (Å²) in [5, 5.41) is 4.08. The minimum atomic E-state index is -0.801. The summed E-state index contributed by atoms with van der Waals surface area (Å²) in [7, 11) is 1.66. The van der Waals surface area contributed by atoms with Crippen molar-refractivity contribution in [3.05, 3.63) is 92.0 Å². The molecule has 1 fully saturated rings. The highest BCUT2D eigenvalue weighted by Gasteiger charge is 2.28. The van der Waals surface area contributed by atoms with E-state index in [1.165, 1.54) is 23.1 Å². The lowest BCUT2D eigenvalue weighted by Crippen LogP contribution is -2.48. The van der Waals surface area contributed by atoms with Gasteiger partial charge in [0.25, 0.3) is 11.5 Å². The van der Waals surface area contributed by atoms with Crippen LogP contribution >= 0.6 is 0 Å². The van der Waals surface area contributed by atoms with Crippen molar-refractivity contribution in [2.24, 2.45) is 0 Å². The average molecular weight is 451 g/mol. The van der Waals surface area contributed by atoms with Gasteiger partial charge in [-0.2, -0.15) is 9.78 Å². The van der Waals surface area contributed by atoms with E-state index in [4.69, 9.17) is 0 Å². The molecule has 172 valence electrons. The van der Waals surface area contributed by atoms with Gasteiger partial charge in [0, 0.05) is 13.1 Å². The molecule has 1 heterocycles.